The highest BCUT2D eigenvalue weighted by Gasteiger charge is 2.17. The Morgan fingerprint density at radius 2 is 1.79 bits per heavy atom. The standard InChI is InChI=1S/C25H21N9/c1-34(2)14-15-9-16(12-26-11-15)17-10-19-22(32-33-23(19)29-13-17)25-30-21-18(6-8-28-24(21)31-25)20-5-3-4-7-27-20/h3-13H,14H2,1-2H3,(H,28,30,31)(H,29,32,33). The van der Waals surface area contributed by atoms with Crippen molar-refractivity contribution in [2.45, 2.75) is 6.54 Å². The molecule has 0 saturated heterocycles. The molecule has 0 unspecified atom stereocenters. The second kappa shape index (κ2) is 8.13. The molecule has 2 N–H and O–H groups in total. The fourth-order valence-electron chi connectivity index (χ4n) is 4.09. The number of hydrogen-bond acceptors (Lipinski definition) is 7. The number of nitrogens with one attached hydrogen (secondary N) is 2. The smallest absolute Gasteiger partial charge is 0.161 e. The van der Waals surface area contributed by atoms with E-state index in [9.17, 15) is 0 Å². The monoisotopic (exact) mass is 447 g/mol. The summed E-state index contributed by atoms with van der Waals surface area (Å²) in [4.78, 5) is 28.2. The van der Waals surface area contributed by atoms with E-state index in [4.69, 9.17) is 4.98 Å². The van der Waals surface area contributed by atoms with Crippen molar-refractivity contribution in [3.8, 4) is 33.9 Å². The molecule has 0 aliphatic rings. The van der Waals surface area contributed by atoms with Gasteiger partial charge < -0.3 is 9.88 Å². The van der Waals surface area contributed by atoms with Crippen molar-refractivity contribution in [1.29, 1.82) is 0 Å². The predicted octanol–water partition coefficient (Wildman–Crippen LogP) is 4.08. The van der Waals surface area contributed by atoms with Gasteiger partial charge in [-0.25, -0.2) is 15.0 Å². The Balaban J connectivity index is 1.45. The quantitative estimate of drug-likeness (QED) is 0.409. The molecular formula is C25H21N9. The van der Waals surface area contributed by atoms with Gasteiger partial charge in [-0.2, -0.15) is 5.10 Å². The Labute approximate surface area is 195 Å². The Bertz CT molecular complexity index is 1620. The summed E-state index contributed by atoms with van der Waals surface area (Å²) < 4.78 is 0. The molecule has 6 aromatic rings. The first kappa shape index (κ1) is 20.1. The number of rotatable bonds is 5. The molecule has 0 atom stereocenters. The molecule has 6 aromatic heterocycles. The number of hydrogen-bond donors (Lipinski definition) is 2. The summed E-state index contributed by atoms with van der Waals surface area (Å²) in [5.41, 5.74) is 7.67. The van der Waals surface area contributed by atoms with Crippen LogP contribution in [0, 0.1) is 0 Å². The summed E-state index contributed by atoms with van der Waals surface area (Å²) in [6.07, 6.45) is 9.10. The Morgan fingerprint density at radius 1 is 0.882 bits per heavy atom. The van der Waals surface area contributed by atoms with Crippen molar-refractivity contribution in [3.63, 3.8) is 0 Å². The van der Waals surface area contributed by atoms with E-state index >= 15 is 0 Å². The second-order valence-electron chi connectivity index (χ2n) is 8.37. The number of nitrogens with zero attached hydrogens (tertiary/aromatic N) is 7. The Kier molecular flexibility index (Phi) is 4.81. The van der Waals surface area contributed by atoms with Crippen LogP contribution in [-0.2, 0) is 6.54 Å². The van der Waals surface area contributed by atoms with Crippen LogP contribution in [0.5, 0.6) is 0 Å². The van der Waals surface area contributed by atoms with Gasteiger partial charge in [0.2, 0.25) is 0 Å². The summed E-state index contributed by atoms with van der Waals surface area (Å²) in [5, 5.41) is 8.39. The van der Waals surface area contributed by atoms with Crippen molar-refractivity contribution in [1.82, 2.24) is 45.0 Å². The van der Waals surface area contributed by atoms with Gasteiger partial charge in [-0.05, 0) is 50.0 Å². The number of imidazole rings is 1. The minimum atomic E-state index is 0.621. The SMILES string of the molecule is CN(C)Cc1cncc(-c2cnc3[nH]nc(-c4nc5c(-c6ccccn6)ccnc5[nH]4)c3c2)c1. The molecule has 34 heavy (non-hydrogen) atoms. The second-order valence-corrected chi connectivity index (χ2v) is 8.37. The van der Waals surface area contributed by atoms with E-state index in [1.165, 1.54) is 0 Å². The minimum absolute atomic E-state index is 0.621. The fourth-order valence-corrected chi connectivity index (χ4v) is 4.09. The van der Waals surface area contributed by atoms with E-state index in [1.807, 2.05) is 57.0 Å². The number of fused-ring (bicyclic) bond motifs is 2. The fraction of sp³-hybridized carbons (Fsp3) is 0.120. The zero-order chi connectivity index (χ0) is 23.1. The Hall–Kier alpha value is -4.50. The number of aromatic amines is 2. The van der Waals surface area contributed by atoms with Crippen LogP contribution in [0.25, 0.3) is 56.1 Å². The maximum absolute atomic E-state index is 4.84. The normalized spacial score (nSPS) is 11.6. The van der Waals surface area contributed by atoms with Crippen molar-refractivity contribution in [2.24, 2.45) is 0 Å². The van der Waals surface area contributed by atoms with Crippen LogP contribution < -0.4 is 0 Å². The molecule has 0 saturated carbocycles. The molecule has 9 heteroatoms. The zero-order valence-corrected chi connectivity index (χ0v) is 18.7. The van der Waals surface area contributed by atoms with E-state index < -0.39 is 0 Å². The minimum Gasteiger partial charge on any atom is -0.321 e. The third kappa shape index (κ3) is 3.57. The van der Waals surface area contributed by atoms with Gasteiger partial charge in [-0.15, -0.1) is 0 Å². The van der Waals surface area contributed by atoms with E-state index in [2.05, 4.69) is 52.1 Å². The molecule has 0 radical (unpaired) electrons. The number of aromatic nitrogens is 8. The average molecular weight is 448 g/mol. The molecule has 0 aliphatic heterocycles. The number of H-pyrrole nitrogens is 2. The molecule has 0 aromatic carbocycles. The van der Waals surface area contributed by atoms with Gasteiger partial charge in [-0.1, -0.05) is 6.07 Å². The molecule has 0 amide bonds. The van der Waals surface area contributed by atoms with Gasteiger partial charge in [0.05, 0.1) is 11.1 Å². The van der Waals surface area contributed by atoms with Crippen molar-refractivity contribution >= 4 is 22.2 Å². The highest BCUT2D eigenvalue weighted by atomic mass is 15.2. The molecule has 9 nitrogen and oxygen atoms in total. The average Bonchev–Trinajstić information content (AvgIpc) is 3.48. The predicted molar refractivity (Wildman–Crippen MR) is 131 cm³/mol. The first-order valence-corrected chi connectivity index (χ1v) is 10.9. The van der Waals surface area contributed by atoms with Crippen molar-refractivity contribution in [2.75, 3.05) is 14.1 Å². The van der Waals surface area contributed by atoms with Crippen LogP contribution in [0.4, 0.5) is 0 Å². The first-order valence-electron chi connectivity index (χ1n) is 10.9. The van der Waals surface area contributed by atoms with Gasteiger partial charge in [0, 0.05) is 54.2 Å². The van der Waals surface area contributed by atoms with Gasteiger partial charge >= 0.3 is 0 Å². The molecule has 166 valence electrons. The van der Waals surface area contributed by atoms with Gasteiger partial charge in [0.25, 0.3) is 0 Å². The topological polar surface area (TPSA) is 112 Å². The molecule has 0 aliphatic carbocycles. The van der Waals surface area contributed by atoms with Gasteiger partial charge in [0.1, 0.15) is 11.2 Å². The van der Waals surface area contributed by atoms with Crippen LogP contribution in [0.2, 0.25) is 0 Å². The van der Waals surface area contributed by atoms with Crippen molar-refractivity contribution < 1.29 is 0 Å². The molecule has 6 rings (SSSR count). The summed E-state index contributed by atoms with van der Waals surface area (Å²) in [7, 11) is 4.08. The van der Waals surface area contributed by atoms with E-state index in [0.717, 1.165) is 45.4 Å². The lowest BCUT2D eigenvalue weighted by atomic mass is 10.1. The number of pyridine rings is 4. The third-order valence-electron chi connectivity index (χ3n) is 5.59. The highest BCUT2D eigenvalue weighted by molar-refractivity contribution is 5.95. The van der Waals surface area contributed by atoms with Crippen LogP contribution >= 0.6 is 0 Å². The van der Waals surface area contributed by atoms with Crippen molar-refractivity contribution in [3.05, 3.63) is 72.9 Å². The molecule has 0 bridgehead atoms. The first-order chi connectivity index (χ1) is 16.7. The Morgan fingerprint density at radius 3 is 2.65 bits per heavy atom. The molecular weight excluding hydrogens is 426 g/mol. The van der Waals surface area contributed by atoms with Gasteiger partial charge in [-0.3, -0.25) is 15.1 Å². The van der Waals surface area contributed by atoms with E-state index in [0.29, 0.717) is 22.8 Å². The summed E-state index contributed by atoms with van der Waals surface area (Å²) in [6, 6.07) is 11.9. The van der Waals surface area contributed by atoms with Gasteiger partial charge in [0.15, 0.2) is 17.1 Å². The lowest BCUT2D eigenvalue weighted by Gasteiger charge is -2.10. The lowest BCUT2D eigenvalue weighted by molar-refractivity contribution is 0.402. The zero-order valence-electron chi connectivity index (χ0n) is 18.7. The van der Waals surface area contributed by atoms with Crippen LogP contribution in [0.1, 0.15) is 5.56 Å². The van der Waals surface area contributed by atoms with Crippen LogP contribution in [-0.4, -0.2) is 59.1 Å². The molecule has 0 spiro atoms. The van der Waals surface area contributed by atoms with E-state index in [-0.39, 0.29) is 0 Å². The summed E-state index contributed by atoms with van der Waals surface area (Å²) >= 11 is 0. The summed E-state index contributed by atoms with van der Waals surface area (Å²) in [5.74, 6) is 0.621. The van der Waals surface area contributed by atoms with Crippen LogP contribution in [0.3, 0.4) is 0 Å². The largest absolute Gasteiger partial charge is 0.321 e. The third-order valence-corrected chi connectivity index (χ3v) is 5.59. The summed E-state index contributed by atoms with van der Waals surface area (Å²) in [6.45, 7) is 0.818. The molecule has 6 heterocycles. The highest BCUT2D eigenvalue weighted by Crippen LogP contribution is 2.31. The van der Waals surface area contributed by atoms with Crippen LogP contribution in [0.15, 0.2) is 67.4 Å². The van der Waals surface area contributed by atoms with E-state index in [1.54, 1.807) is 12.4 Å². The lowest BCUT2D eigenvalue weighted by Crippen LogP contribution is -2.10. The molecule has 0 fully saturated rings. The maximum Gasteiger partial charge on any atom is 0.161 e. The maximum atomic E-state index is 4.84.